The van der Waals surface area contributed by atoms with Crippen LogP contribution in [-0.4, -0.2) is 33.9 Å². The van der Waals surface area contributed by atoms with Gasteiger partial charge in [-0.05, 0) is 13.0 Å². The third-order valence-electron chi connectivity index (χ3n) is 2.87. The molecular formula is C12H17N3O. The standard InChI is InChI=1S/C12H17N3O/c1-8(2)12(16)15-6-10(7-15)11-13-5-4-9(3)14-11/h4-5,8,10H,6-7H2,1-3H3. The Balaban J connectivity index is 1.96. The van der Waals surface area contributed by atoms with E-state index in [9.17, 15) is 4.79 Å². The highest BCUT2D eigenvalue weighted by Crippen LogP contribution is 2.25. The summed E-state index contributed by atoms with van der Waals surface area (Å²) >= 11 is 0. The van der Waals surface area contributed by atoms with Crippen molar-refractivity contribution in [2.45, 2.75) is 26.7 Å². The second-order valence-electron chi connectivity index (χ2n) is 4.65. The van der Waals surface area contributed by atoms with Crippen molar-refractivity contribution in [1.29, 1.82) is 0 Å². The highest BCUT2D eigenvalue weighted by Gasteiger charge is 2.34. The highest BCUT2D eigenvalue weighted by molar-refractivity contribution is 5.79. The third-order valence-corrected chi connectivity index (χ3v) is 2.87. The smallest absolute Gasteiger partial charge is 0.225 e. The van der Waals surface area contributed by atoms with Crippen LogP contribution in [0.4, 0.5) is 0 Å². The Morgan fingerprint density at radius 2 is 2.19 bits per heavy atom. The Hall–Kier alpha value is -1.45. The van der Waals surface area contributed by atoms with Crippen LogP contribution in [0.15, 0.2) is 12.3 Å². The van der Waals surface area contributed by atoms with Crippen LogP contribution in [0.3, 0.4) is 0 Å². The maximum atomic E-state index is 11.7. The number of hydrogen-bond acceptors (Lipinski definition) is 3. The van der Waals surface area contributed by atoms with Gasteiger partial charge in [-0.2, -0.15) is 0 Å². The molecule has 2 heterocycles. The van der Waals surface area contributed by atoms with E-state index < -0.39 is 0 Å². The van der Waals surface area contributed by atoms with Gasteiger partial charge in [-0.1, -0.05) is 13.8 Å². The van der Waals surface area contributed by atoms with Crippen LogP contribution in [0.5, 0.6) is 0 Å². The zero-order chi connectivity index (χ0) is 11.7. The largest absolute Gasteiger partial charge is 0.341 e. The van der Waals surface area contributed by atoms with Crippen molar-refractivity contribution in [2.24, 2.45) is 5.92 Å². The second-order valence-corrected chi connectivity index (χ2v) is 4.65. The average molecular weight is 219 g/mol. The summed E-state index contributed by atoms with van der Waals surface area (Å²) in [4.78, 5) is 22.2. The highest BCUT2D eigenvalue weighted by atomic mass is 16.2. The molecule has 0 aliphatic carbocycles. The molecule has 1 aromatic heterocycles. The number of carbonyl (C=O) groups excluding carboxylic acids is 1. The molecule has 0 unspecified atom stereocenters. The number of amides is 1. The van der Waals surface area contributed by atoms with Gasteiger partial charge < -0.3 is 4.90 Å². The van der Waals surface area contributed by atoms with Crippen LogP contribution >= 0.6 is 0 Å². The summed E-state index contributed by atoms with van der Waals surface area (Å²) < 4.78 is 0. The van der Waals surface area contributed by atoms with E-state index in [1.54, 1.807) is 6.20 Å². The minimum Gasteiger partial charge on any atom is -0.341 e. The summed E-state index contributed by atoms with van der Waals surface area (Å²) in [6.07, 6.45) is 1.78. The van der Waals surface area contributed by atoms with Crippen LogP contribution in [-0.2, 0) is 4.79 Å². The summed E-state index contributed by atoms with van der Waals surface area (Å²) in [7, 11) is 0. The van der Waals surface area contributed by atoms with Gasteiger partial charge in [0.2, 0.25) is 5.91 Å². The first kappa shape index (κ1) is 11.0. The molecule has 1 aliphatic rings. The Kier molecular flexibility index (Phi) is 2.90. The van der Waals surface area contributed by atoms with Gasteiger partial charge in [-0.15, -0.1) is 0 Å². The Bertz CT molecular complexity index is 397. The van der Waals surface area contributed by atoms with Crippen molar-refractivity contribution in [3.8, 4) is 0 Å². The van der Waals surface area contributed by atoms with E-state index in [2.05, 4.69) is 9.97 Å². The van der Waals surface area contributed by atoms with Gasteiger partial charge in [-0.25, -0.2) is 9.97 Å². The molecule has 0 saturated carbocycles. The number of aromatic nitrogens is 2. The molecule has 0 spiro atoms. The zero-order valence-corrected chi connectivity index (χ0v) is 9.97. The molecule has 0 radical (unpaired) electrons. The molecule has 0 aromatic carbocycles. The van der Waals surface area contributed by atoms with Gasteiger partial charge in [-0.3, -0.25) is 4.79 Å². The van der Waals surface area contributed by atoms with Crippen LogP contribution < -0.4 is 0 Å². The molecule has 86 valence electrons. The van der Waals surface area contributed by atoms with E-state index in [-0.39, 0.29) is 11.8 Å². The quantitative estimate of drug-likeness (QED) is 0.754. The lowest BCUT2D eigenvalue weighted by Gasteiger charge is -2.39. The first-order chi connectivity index (χ1) is 7.58. The van der Waals surface area contributed by atoms with Gasteiger partial charge in [0, 0.05) is 30.9 Å². The fourth-order valence-corrected chi connectivity index (χ4v) is 1.85. The first-order valence-corrected chi connectivity index (χ1v) is 5.66. The normalized spacial score (nSPS) is 16.4. The van der Waals surface area contributed by atoms with Crippen molar-refractivity contribution >= 4 is 5.91 Å². The SMILES string of the molecule is Cc1ccnc(C2CN(C(=O)C(C)C)C2)n1. The van der Waals surface area contributed by atoms with E-state index >= 15 is 0 Å². The van der Waals surface area contributed by atoms with Crippen LogP contribution in [0.25, 0.3) is 0 Å². The molecule has 4 nitrogen and oxygen atoms in total. The molecular weight excluding hydrogens is 202 g/mol. The van der Waals surface area contributed by atoms with Crippen molar-refractivity contribution in [2.75, 3.05) is 13.1 Å². The number of rotatable bonds is 2. The van der Waals surface area contributed by atoms with Gasteiger partial charge in [0.25, 0.3) is 0 Å². The Labute approximate surface area is 95.7 Å². The Morgan fingerprint density at radius 3 is 2.75 bits per heavy atom. The monoisotopic (exact) mass is 219 g/mol. The summed E-state index contributed by atoms with van der Waals surface area (Å²) in [5.74, 6) is 1.50. The molecule has 1 fully saturated rings. The number of likely N-dealkylation sites (tertiary alicyclic amines) is 1. The summed E-state index contributed by atoms with van der Waals surface area (Å²) in [6.45, 7) is 7.35. The number of aryl methyl sites for hydroxylation is 1. The maximum Gasteiger partial charge on any atom is 0.225 e. The lowest BCUT2D eigenvalue weighted by molar-refractivity contribution is -0.139. The molecule has 1 saturated heterocycles. The van der Waals surface area contributed by atoms with E-state index in [4.69, 9.17) is 0 Å². The lowest BCUT2D eigenvalue weighted by Crippen LogP contribution is -2.50. The number of carbonyl (C=O) groups is 1. The van der Waals surface area contributed by atoms with Gasteiger partial charge >= 0.3 is 0 Å². The molecule has 2 rings (SSSR count). The minimum atomic E-state index is 0.0828. The van der Waals surface area contributed by atoms with E-state index in [0.717, 1.165) is 24.6 Å². The number of hydrogen-bond donors (Lipinski definition) is 0. The summed E-state index contributed by atoms with van der Waals surface area (Å²) in [5, 5.41) is 0. The molecule has 0 bridgehead atoms. The fraction of sp³-hybridized carbons (Fsp3) is 0.583. The molecule has 0 atom stereocenters. The van der Waals surface area contributed by atoms with E-state index in [0.29, 0.717) is 5.92 Å². The molecule has 1 amide bonds. The topological polar surface area (TPSA) is 46.1 Å². The fourth-order valence-electron chi connectivity index (χ4n) is 1.85. The molecule has 4 heteroatoms. The molecule has 1 aromatic rings. The van der Waals surface area contributed by atoms with Crippen molar-refractivity contribution in [3.05, 3.63) is 23.8 Å². The van der Waals surface area contributed by atoms with E-state index in [1.807, 2.05) is 31.7 Å². The Morgan fingerprint density at radius 1 is 1.50 bits per heavy atom. The molecule has 0 N–H and O–H groups in total. The van der Waals surface area contributed by atoms with Crippen molar-refractivity contribution in [1.82, 2.24) is 14.9 Å². The minimum absolute atomic E-state index is 0.0828. The number of nitrogens with zero attached hydrogens (tertiary/aromatic N) is 3. The molecule has 1 aliphatic heterocycles. The van der Waals surface area contributed by atoms with Gasteiger partial charge in [0.1, 0.15) is 5.82 Å². The van der Waals surface area contributed by atoms with Gasteiger partial charge in [0.15, 0.2) is 0 Å². The van der Waals surface area contributed by atoms with Crippen molar-refractivity contribution < 1.29 is 4.79 Å². The lowest BCUT2D eigenvalue weighted by atomic mass is 9.97. The van der Waals surface area contributed by atoms with Crippen LogP contribution in [0, 0.1) is 12.8 Å². The van der Waals surface area contributed by atoms with Crippen LogP contribution in [0.2, 0.25) is 0 Å². The van der Waals surface area contributed by atoms with Crippen molar-refractivity contribution in [3.63, 3.8) is 0 Å². The summed E-state index contributed by atoms with van der Waals surface area (Å²) in [6, 6.07) is 1.89. The predicted molar refractivity (Wildman–Crippen MR) is 60.9 cm³/mol. The van der Waals surface area contributed by atoms with Crippen LogP contribution in [0.1, 0.15) is 31.3 Å². The first-order valence-electron chi connectivity index (χ1n) is 5.66. The molecule has 16 heavy (non-hydrogen) atoms. The average Bonchev–Trinajstić information content (AvgIpc) is 2.15. The van der Waals surface area contributed by atoms with Gasteiger partial charge in [0.05, 0.1) is 5.92 Å². The second kappa shape index (κ2) is 4.20. The predicted octanol–water partition coefficient (Wildman–Crippen LogP) is 1.37. The zero-order valence-electron chi connectivity index (χ0n) is 9.97. The van der Waals surface area contributed by atoms with E-state index in [1.165, 1.54) is 0 Å². The third kappa shape index (κ3) is 2.05. The maximum absolute atomic E-state index is 11.7. The summed E-state index contributed by atoms with van der Waals surface area (Å²) in [5.41, 5.74) is 0.985.